The Labute approximate surface area is 53.3 Å². The lowest BCUT2D eigenvalue weighted by atomic mass is 10.1. The van der Waals surface area contributed by atoms with Gasteiger partial charge in [0.2, 0.25) is 0 Å². The molecule has 2 heterocycles. The van der Waals surface area contributed by atoms with Gasteiger partial charge in [-0.1, -0.05) is 0 Å². The highest BCUT2D eigenvalue weighted by Crippen LogP contribution is 2.10. The van der Waals surface area contributed by atoms with Crippen LogP contribution in [-0.4, -0.2) is 18.9 Å². The number of fused-ring (bicyclic) bond motifs is 1. The van der Waals surface area contributed by atoms with Crippen LogP contribution >= 0.6 is 0 Å². The van der Waals surface area contributed by atoms with E-state index in [0.717, 1.165) is 6.54 Å². The first-order valence-electron chi connectivity index (χ1n) is 3.13. The smallest absolute Gasteiger partial charge is 0.0901 e. The van der Waals surface area contributed by atoms with E-state index in [2.05, 4.69) is 21.7 Å². The molecule has 0 amide bonds. The Balaban J connectivity index is 2.07. The van der Waals surface area contributed by atoms with Crippen molar-refractivity contribution in [2.45, 2.75) is 12.3 Å². The van der Waals surface area contributed by atoms with E-state index in [1.807, 2.05) is 0 Å². The molecule has 0 aromatic rings. The van der Waals surface area contributed by atoms with Crippen LogP contribution in [0.3, 0.4) is 0 Å². The van der Waals surface area contributed by atoms with Crippen molar-refractivity contribution < 1.29 is 0 Å². The third-order valence-corrected chi connectivity index (χ3v) is 1.89. The molecule has 5 nitrogen and oxygen atoms in total. The molecule has 0 saturated carbocycles. The third-order valence-electron chi connectivity index (χ3n) is 1.89. The van der Waals surface area contributed by atoms with Gasteiger partial charge in [-0.2, -0.15) is 0 Å². The maximum absolute atomic E-state index is 5.67. The second-order valence-corrected chi connectivity index (χ2v) is 2.48. The molecular weight excluding hydrogens is 118 g/mol. The predicted octanol–water partition coefficient (Wildman–Crippen LogP) is -2.57. The van der Waals surface area contributed by atoms with Gasteiger partial charge < -0.3 is 5.73 Å². The minimum Gasteiger partial charge on any atom is -0.315 e. The van der Waals surface area contributed by atoms with Crippen LogP contribution < -0.4 is 27.4 Å². The molecule has 0 bridgehead atoms. The average Bonchev–Trinajstić information content (AvgIpc) is 2.35. The van der Waals surface area contributed by atoms with Gasteiger partial charge in [0.1, 0.15) is 0 Å². The molecule has 0 spiro atoms. The van der Waals surface area contributed by atoms with E-state index in [4.69, 9.17) is 5.73 Å². The Morgan fingerprint density at radius 3 is 2.89 bits per heavy atom. The Morgan fingerprint density at radius 2 is 2.11 bits per heavy atom. The fourth-order valence-electron chi connectivity index (χ4n) is 1.28. The van der Waals surface area contributed by atoms with Crippen molar-refractivity contribution in [3.63, 3.8) is 0 Å². The topological polar surface area (TPSA) is 74.1 Å². The van der Waals surface area contributed by atoms with E-state index in [-0.39, 0.29) is 6.17 Å². The lowest BCUT2D eigenvalue weighted by Gasteiger charge is -2.07. The van der Waals surface area contributed by atoms with E-state index in [0.29, 0.717) is 12.1 Å². The Kier molecular flexibility index (Phi) is 1.17. The van der Waals surface area contributed by atoms with Gasteiger partial charge in [0.25, 0.3) is 0 Å². The molecule has 2 saturated heterocycles. The summed E-state index contributed by atoms with van der Waals surface area (Å²) < 4.78 is 0. The highest BCUT2D eigenvalue weighted by molar-refractivity contribution is 4.90. The first-order valence-corrected chi connectivity index (χ1v) is 3.13. The van der Waals surface area contributed by atoms with Gasteiger partial charge in [-0.3, -0.25) is 5.43 Å². The molecule has 2 aliphatic rings. The molecule has 6 N–H and O–H groups in total. The quantitative estimate of drug-likeness (QED) is 0.248. The molecule has 52 valence electrons. The van der Waals surface area contributed by atoms with Crippen molar-refractivity contribution in [1.82, 2.24) is 21.7 Å². The van der Waals surface area contributed by atoms with Crippen LogP contribution in [0.1, 0.15) is 0 Å². The molecule has 2 aliphatic heterocycles. The predicted molar refractivity (Wildman–Crippen MR) is 32.7 cm³/mol. The fraction of sp³-hybridized carbons (Fsp3) is 1.00. The molecule has 0 aromatic carbocycles. The summed E-state index contributed by atoms with van der Waals surface area (Å²) in [7, 11) is 0. The molecule has 3 unspecified atom stereocenters. The zero-order valence-corrected chi connectivity index (χ0v) is 5.02. The van der Waals surface area contributed by atoms with Gasteiger partial charge >= 0.3 is 0 Å². The summed E-state index contributed by atoms with van der Waals surface area (Å²) in [6, 6.07) is 0. The number of hydrazine groups is 2. The summed E-state index contributed by atoms with van der Waals surface area (Å²) >= 11 is 0. The summed E-state index contributed by atoms with van der Waals surface area (Å²) in [6.07, 6.45) is 0.387. The monoisotopic (exact) mass is 129 g/mol. The van der Waals surface area contributed by atoms with Crippen LogP contribution in [0.25, 0.3) is 0 Å². The summed E-state index contributed by atoms with van der Waals surface area (Å²) in [5.41, 5.74) is 17.7. The van der Waals surface area contributed by atoms with Crippen molar-refractivity contribution in [3.05, 3.63) is 0 Å². The van der Waals surface area contributed by atoms with Crippen LogP contribution in [-0.2, 0) is 0 Å². The van der Waals surface area contributed by atoms with Crippen LogP contribution in [0.5, 0.6) is 0 Å². The molecule has 0 aromatic heterocycles. The lowest BCUT2D eigenvalue weighted by molar-refractivity contribution is 0.458. The number of nitrogens with two attached hydrogens (primary N) is 1. The first-order chi connectivity index (χ1) is 4.38. The summed E-state index contributed by atoms with van der Waals surface area (Å²) in [5, 5.41) is 0. The van der Waals surface area contributed by atoms with Crippen LogP contribution in [0.2, 0.25) is 0 Å². The Hall–Kier alpha value is -0.200. The SMILES string of the molecule is NC1NNC2NNCC12. The molecule has 0 aliphatic carbocycles. The number of hydrogen-bond acceptors (Lipinski definition) is 5. The molecule has 3 atom stereocenters. The van der Waals surface area contributed by atoms with Gasteiger partial charge in [-0.25, -0.2) is 16.3 Å². The Morgan fingerprint density at radius 1 is 1.22 bits per heavy atom. The zero-order valence-electron chi connectivity index (χ0n) is 5.02. The summed E-state index contributed by atoms with van der Waals surface area (Å²) in [6.45, 7) is 0.936. The summed E-state index contributed by atoms with van der Waals surface area (Å²) in [5.74, 6) is 0.477. The van der Waals surface area contributed by atoms with Crippen molar-refractivity contribution in [1.29, 1.82) is 0 Å². The van der Waals surface area contributed by atoms with Gasteiger partial charge in [-0.15, -0.1) is 0 Å². The van der Waals surface area contributed by atoms with E-state index >= 15 is 0 Å². The number of nitrogens with one attached hydrogen (secondary N) is 4. The molecule has 2 rings (SSSR count). The van der Waals surface area contributed by atoms with Crippen molar-refractivity contribution in [3.8, 4) is 0 Å². The minimum absolute atomic E-state index is 0.0810. The maximum Gasteiger partial charge on any atom is 0.0901 e. The van der Waals surface area contributed by atoms with Gasteiger partial charge in [-0.05, 0) is 0 Å². The lowest BCUT2D eigenvalue weighted by Crippen LogP contribution is -2.45. The van der Waals surface area contributed by atoms with Crippen LogP contribution in [0.15, 0.2) is 0 Å². The fourth-order valence-corrected chi connectivity index (χ4v) is 1.28. The zero-order chi connectivity index (χ0) is 6.27. The van der Waals surface area contributed by atoms with Crippen molar-refractivity contribution in [2.75, 3.05) is 6.54 Å². The summed E-state index contributed by atoms with van der Waals surface area (Å²) in [4.78, 5) is 0. The standard InChI is InChI=1S/C4H11N5/c5-3-2-1-6-8-4(2)9-7-3/h2-4,6-9H,1,5H2. The minimum atomic E-state index is 0.0810. The Bertz CT molecular complexity index is 116. The van der Waals surface area contributed by atoms with Crippen LogP contribution in [0, 0.1) is 5.92 Å². The highest BCUT2D eigenvalue weighted by atomic mass is 15.6. The van der Waals surface area contributed by atoms with E-state index in [1.165, 1.54) is 0 Å². The second-order valence-electron chi connectivity index (χ2n) is 2.48. The normalized spacial score (nSPS) is 49.7. The number of rotatable bonds is 0. The van der Waals surface area contributed by atoms with E-state index < -0.39 is 0 Å². The second kappa shape index (κ2) is 1.89. The third kappa shape index (κ3) is 0.742. The highest BCUT2D eigenvalue weighted by Gasteiger charge is 2.36. The number of hydrogen-bond donors (Lipinski definition) is 5. The van der Waals surface area contributed by atoms with Gasteiger partial charge in [0.05, 0.1) is 12.3 Å². The largest absolute Gasteiger partial charge is 0.315 e. The van der Waals surface area contributed by atoms with Crippen molar-refractivity contribution in [2.24, 2.45) is 11.7 Å². The molecule has 2 fully saturated rings. The van der Waals surface area contributed by atoms with Gasteiger partial charge in [0.15, 0.2) is 0 Å². The molecule has 0 radical (unpaired) electrons. The van der Waals surface area contributed by atoms with E-state index in [1.54, 1.807) is 0 Å². The van der Waals surface area contributed by atoms with Crippen LogP contribution in [0.4, 0.5) is 0 Å². The molecular formula is C4H11N5. The molecule has 9 heavy (non-hydrogen) atoms. The molecule has 5 heteroatoms. The van der Waals surface area contributed by atoms with E-state index in [9.17, 15) is 0 Å². The average molecular weight is 129 g/mol. The van der Waals surface area contributed by atoms with Gasteiger partial charge in [0, 0.05) is 12.5 Å². The maximum atomic E-state index is 5.67. The van der Waals surface area contributed by atoms with Crippen molar-refractivity contribution >= 4 is 0 Å². The first kappa shape index (κ1) is 5.57.